The zero-order chi connectivity index (χ0) is 15.8. The highest BCUT2D eigenvalue weighted by Gasteiger charge is 2.11. The molecule has 2 atom stereocenters. The van der Waals surface area contributed by atoms with Crippen LogP contribution in [0.25, 0.3) is 0 Å². The summed E-state index contributed by atoms with van der Waals surface area (Å²) in [6, 6.07) is 4.99. The summed E-state index contributed by atoms with van der Waals surface area (Å²) in [7, 11) is 0. The van der Waals surface area contributed by atoms with Gasteiger partial charge in [0, 0.05) is 22.9 Å². The summed E-state index contributed by atoms with van der Waals surface area (Å²) in [5.41, 5.74) is 4.71. The molecule has 0 aliphatic rings. The van der Waals surface area contributed by atoms with E-state index in [9.17, 15) is 15.3 Å². The molecule has 1 aromatic rings. The van der Waals surface area contributed by atoms with Gasteiger partial charge in [-0.1, -0.05) is 29.3 Å². The molecule has 3 N–H and O–H groups in total. The van der Waals surface area contributed by atoms with E-state index in [0.717, 1.165) is 22.9 Å². The van der Waals surface area contributed by atoms with Crippen molar-refractivity contribution in [2.24, 2.45) is 0 Å². The van der Waals surface area contributed by atoms with E-state index >= 15 is 0 Å². The summed E-state index contributed by atoms with van der Waals surface area (Å²) in [6.07, 6.45) is 3.48. The lowest BCUT2D eigenvalue weighted by Gasteiger charge is -2.10. The lowest BCUT2D eigenvalue weighted by molar-refractivity contribution is 0.177. The van der Waals surface area contributed by atoms with Gasteiger partial charge < -0.3 is 15.3 Å². The van der Waals surface area contributed by atoms with Crippen molar-refractivity contribution in [2.75, 3.05) is 0 Å². The zero-order valence-electron chi connectivity index (χ0n) is 12.5. The van der Waals surface area contributed by atoms with Crippen LogP contribution in [0.3, 0.4) is 0 Å². The normalized spacial score (nSPS) is 13.4. The van der Waals surface area contributed by atoms with Gasteiger partial charge in [0.05, 0.1) is 12.2 Å². The van der Waals surface area contributed by atoms with E-state index in [1.165, 1.54) is 0 Å². The van der Waals surface area contributed by atoms with Gasteiger partial charge in [-0.15, -0.1) is 5.73 Å². The number of hydrogen-bond donors (Lipinski definition) is 3. The molecule has 0 amide bonds. The summed E-state index contributed by atoms with van der Waals surface area (Å²) in [5.74, 6) is 0.0841. The second-order valence-corrected chi connectivity index (χ2v) is 6.13. The first kappa shape index (κ1) is 18.0. The predicted molar refractivity (Wildman–Crippen MR) is 88.2 cm³/mol. The van der Waals surface area contributed by atoms with Crippen LogP contribution in [0.2, 0.25) is 0 Å². The number of aliphatic hydroxyl groups is 2. The Morgan fingerprint density at radius 1 is 1.38 bits per heavy atom. The first-order valence-corrected chi connectivity index (χ1v) is 8.00. The van der Waals surface area contributed by atoms with E-state index in [-0.39, 0.29) is 11.9 Å². The Kier molecular flexibility index (Phi) is 7.76. The molecule has 0 aromatic heterocycles. The van der Waals surface area contributed by atoms with Gasteiger partial charge in [-0.25, -0.2) is 0 Å². The van der Waals surface area contributed by atoms with E-state index in [1.807, 2.05) is 0 Å². The second-order valence-electron chi connectivity index (χ2n) is 5.21. The highest BCUT2D eigenvalue weighted by Crippen LogP contribution is 2.29. The molecule has 4 heteroatoms. The molecule has 21 heavy (non-hydrogen) atoms. The number of phenols is 1. The standard InChI is InChI=1S/C17H23BrO3/c1-3-5-13(10-12(2)19)6-4-7-16(20)15-11-14(18)8-9-17(15)21/h4,8-9,11-12,16,19-21H,3,5,7,10H2,1-2H3/t6?,12-,16+/m0/s1. The third-order valence-corrected chi connectivity index (χ3v) is 3.58. The van der Waals surface area contributed by atoms with Crippen LogP contribution in [0.5, 0.6) is 5.75 Å². The van der Waals surface area contributed by atoms with Gasteiger partial charge in [-0.2, -0.15) is 0 Å². The molecule has 0 radical (unpaired) electrons. The summed E-state index contributed by atoms with van der Waals surface area (Å²) >= 11 is 3.32. The van der Waals surface area contributed by atoms with Crippen molar-refractivity contribution in [3.8, 4) is 5.75 Å². The molecular formula is C17H23BrO3. The van der Waals surface area contributed by atoms with E-state index in [1.54, 1.807) is 31.2 Å². The van der Waals surface area contributed by atoms with Gasteiger partial charge in [0.25, 0.3) is 0 Å². The molecule has 0 unspecified atom stereocenters. The number of halogens is 1. The predicted octanol–water partition coefficient (Wildman–Crippen LogP) is 4.23. The lowest BCUT2D eigenvalue weighted by Crippen LogP contribution is -2.00. The second kappa shape index (κ2) is 9.06. The molecule has 0 saturated carbocycles. The minimum absolute atomic E-state index is 0.0841. The molecule has 0 heterocycles. The maximum absolute atomic E-state index is 10.1. The SMILES string of the molecule is CCCC(=C=CC[C@@H](O)c1cc(Br)ccc1O)C[C@H](C)O. The van der Waals surface area contributed by atoms with Gasteiger partial charge in [0.2, 0.25) is 0 Å². The van der Waals surface area contributed by atoms with E-state index in [4.69, 9.17) is 0 Å². The topological polar surface area (TPSA) is 60.7 Å². The average molecular weight is 355 g/mol. The van der Waals surface area contributed by atoms with Crippen LogP contribution in [-0.4, -0.2) is 21.4 Å². The molecule has 0 aliphatic carbocycles. The van der Waals surface area contributed by atoms with Crippen molar-refractivity contribution >= 4 is 15.9 Å². The maximum Gasteiger partial charge on any atom is 0.121 e. The van der Waals surface area contributed by atoms with Gasteiger partial charge in [-0.05, 0) is 43.2 Å². The fourth-order valence-electron chi connectivity index (χ4n) is 2.13. The lowest BCUT2D eigenvalue weighted by atomic mass is 10.0. The molecule has 116 valence electrons. The number of rotatable bonds is 7. The van der Waals surface area contributed by atoms with Gasteiger partial charge in [0.1, 0.15) is 5.75 Å². The number of benzene rings is 1. The Bertz CT molecular complexity index is 517. The molecule has 0 saturated heterocycles. The zero-order valence-corrected chi connectivity index (χ0v) is 14.1. The molecule has 0 fully saturated rings. The van der Waals surface area contributed by atoms with Crippen molar-refractivity contribution in [3.63, 3.8) is 0 Å². The van der Waals surface area contributed by atoms with Gasteiger partial charge in [-0.3, -0.25) is 0 Å². The van der Waals surface area contributed by atoms with Crippen molar-refractivity contribution in [1.29, 1.82) is 0 Å². The van der Waals surface area contributed by atoms with Crippen molar-refractivity contribution in [2.45, 2.75) is 51.7 Å². The summed E-state index contributed by atoms with van der Waals surface area (Å²) in [4.78, 5) is 0. The van der Waals surface area contributed by atoms with Crippen LogP contribution < -0.4 is 0 Å². The Morgan fingerprint density at radius 2 is 2.10 bits per heavy atom. The maximum atomic E-state index is 10.1. The first-order valence-electron chi connectivity index (χ1n) is 7.21. The minimum Gasteiger partial charge on any atom is -0.508 e. The van der Waals surface area contributed by atoms with Crippen molar-refractivity contribution in [3.05, 3.63) is 45.6 Å². The third-order valence-electron chi connectivity index (χ3n) is 3.09. The highest BCUT2D eigenvalue weighted by molar-refractivity contribution is 9.10. The molecule has 0 spiro atoms. The Morgan fingerprint density at radius 3 is 2.71 bits per heavy atom. The first-order chi connectivity index (χ1) is 9.93. The summed E-state index contributed by atoms with van der Waals surface area (Å²) < 4.78 is 0.814. The van der Waals surface area contributed by atoms with Gasteiger partial charge in [0.15, 0.2) is 0 Å². The third kappa shape index (κ3) is 6.49. The Labute approximate surface area is 134 Å². The van der Waals surface area contributed by atoms with E-state index in [2.05, 4.69) is 28.6 Å². The monoisotopic (exact) mass is 354 g/mol. The number of aliphatic hydroxyl groups excluding tert-OH is 2. The number of hydrogen-bond acceptors (Lipinski definition) is 3. The van der Waals surface area contributed by atoms with Crippen molar-refractivity contribution < 1.29 is 15.3 Å². The summed E-state index contributed by atoms with van der Waals surface area (Å²) in [6.45, 7) is 3.84. The Hall–Kier alpha value is -1.06. The number of phenolic OH excluding ortho intramolecular Hbond substituents is 1. The van der Waals surface area contributed by atoms with Crippen LogP contribution in [-0.2, 0) is 0 Å². The fraction of sp³-hybridized carbons (Fsp3) is 0.471. The van der Waals surface area contributed by atoms with Crippen molar-refractivity contribution in [1.82, 2.24) is 0 Å². The van der Waals surface area contributed by atoms with Gasteiger partial charge >= 0.3 is 0 Å². The van der Waals surface area contributed by atoms with Crippen LogP contribution in [0.4, 0.5) is 0 Å². The van der Waals surface area contributed by atoms with Crippen LogP contribution in [0.1, 0.15) is 51.2 Å². The van der Waals surface area contributed by atoms with Crippen LogP contribution in [0, 0.1) is 0 Å². The molecule has 1 aromatic carbocycles. The quantitative estimate of drug-likeness (QED) is 0.642. The molecular weight excluding hydrogens is 332 g/mol. The van der Waals surface area contributed by atoms with E-state index < -0.39 is 6.10 Å². The average Bonchev–Trinajstić information content (AvgIpc) is 2.41. The van der Waals surface area contributed by atoms with Crippen LogP contribution in [0.15, 0.2) is 40.1 Å². The van der Waals surface area contributed by atoms with Crippen LogP contribution >= 0.6 is 15.9 Å². The fourth-order valence-corrected chi connectivity index (χ4v) is 2.50. The molecule has 3 nitrogen and oxygen atoms in total. The minimum atomic E-state index is -0.774. The Balaban J connectivity index is 2.79. The molecule has 0 aliphatic heterocycles. The smallest absolute Gasteiger partial charge is 0.121 e. The highest BCUT2D eigenvalue weighted by atomic mass is 79.9. The largest absolute Gasteiger partial charge is 0.508 e. The van der Waals surface area contributed by atoms with E-state index in [0.29, 0.717) is 18.4 Å². The summed E-state index contributed by atoms with van der Waals surface area (Å²) in [5, 5.41) is 29.3. The molecule has 0 bridgehead atoms. The molecule has 1 rings (SSSR count). The number of aromatic hydroxyl groups is 1.